The Morgan fingerprint density at radius 3 is 2.89 bits per heavy atom. The number of nitrogens with one attached hydrogen (secondary N) is 1. The molecule has 1 saturated carbocycles. The van der Waals surface area contributed by atoms with Gasteiger partial charge in [-0.05, 0) is 19.3 Å². The standard InChI is InChI=1S/C14H20N4O/c1-10(19)17-12-5-6-18(8-12)14-7-13(15-9-16-14)11-3-2-4-11/h7,9,11-12H,2-6,8H2,1H3,(H,17,19). The SMILES string of the molecule is CC(=O)NC1CCN(c2cc(C3CCC3)ncn2)C1. The van der Waals surface area contributed by atoms with Crippen LogP contribution in [0.2, 0.25) is 0 Å². The van der Waals surface area contributed by atoms with Crippen LogP contribution >= 0.6 is 0 Å². The van der Waals surface area contributed by atoms with Crippen molar-refractivity contribution in [3.63, 3.8) is 0 Å². The average molecular weight is 260 g/mol. The maximum atomic E-state index is 11.1. The molecule has 1 amide bonds. The summed E-state index contributed by atoms with van der Waals surface area (Å²) < 4.78 is 0. The number of hydrogen-bond acceptors (Lipinski definition) is 4. The molecular formula is C14H20N4O. The predicted octanol–water partition coefficient (Wildman–Crippen LogP) is 1.46. The van der Waals surface area contributed by atoms with Gasteiger partial charge >= 0.3 is 0 Å². The Bertz CT molecular complexity index is 472. The van der Waals surface area contributed by atoms with Gasteiger partial charge in [0.15, 0.2) is 0 Å². The van der Waals surface area contributed by atoms with Crippen LogP contribution in [0.5, 0.6) is 0 Å². The first-order valence-corrected chi connectivity index (χ1v) is 7.06. The Hall–Kier alpha value is -1.65. The van der Waals surface area contributed by atoms with E-state index in [4.69, 9.17) is 0 Å². The molecule has 0 bridgehead atoms. The van der Waals surface area contributed by atoms with Gasteiger partial charge in [0, 0.05) is 43.7 Å². The van der Waals surface area contributed by atoms with Crippen molar-refractivity contribution in [3.05, 3.63) is 18.1 Å². The molecule has 1 aromatic rings. The van der Waals surface area contributed by atoms with Crippen molar-refractivity contribution in [3.8, 4) is 0 Å². The molecule has 0 radical (unpaired) electrons. The lowest BCUT2D eigenvalue weighted by Gasteiger charge is -2.26. The van der Waals surface area contributed by atoms with Crippen LogP contribution in [0.3, 0.4) is 0 Å². The Kier molecular flexibility index (Phi) is 3.36. The van der Waals surface area contributed by atoms with Crippen molar-refractivity contribution in [2.24, 2.45) is 0 Å². The van der Waals surface area contributed by atoms with E-state index in [1.165, 1.54) is 25.0 Å². The number of rotatable bonds is 3. The zero-order valence-electron chi connectivity index (χ0n) is 11.3. The van der Waals surface area contributed by atoms with Gasteiger partial charge in [-0.2, -0.15) is 0 Å². The summed E-state index contributed by atoms with van der Waals surface area (Å²) in [5.74, 6) is 1.69. The number of anilines is 1. The van der Waals surface area contributed by atoms with Crippen LogP contribution in [0.15, 0.2) is 12.4 Å². The van der Waals surface area contributed by atoms with Crippen LogP contribution in [-0.4, -0.2) is 35.0 Å². The number of carbonyl (C=O) groups is 1. The molecule has 2 heterocycles. The van der Waals surface area contributed by atoms with Gasteiger partial charge < -0.3 is 10.2 Å². The van der Waals surface area contributed by atoms with E-state index in [1.54, 1.807) is 13.3 Å². The highest BCUT2D eigenvalue weighted by Gasteiger charge is 2.26. The van der Waals surface area contributed by atoms with E-state index in [1.807, 2.05) is 0 Å². The highest BCUT2D eigenvalue weighted by atomic mass is 16.1. The molecule has 1 aliphatic carbocycles. The third-order valence-electron chi connectivity index (χ3n) is 4.12. The van der Waals surface area contributed by atoms with E-state index < -0.39 is 0 Å². The van der Waals surface area contributed by atoms with Gasteiger partial charge in [0.2, 0.25) is 5.91 Å². The summed E-state index contributed by atoms with van der Waals surface area (Å²) in [4.78, 5) is 22.1. The first-order chi connectivity index (χ1) is 9.22. The summed E-state index contributed by atoms with van der Waals surface area (Å²) in [7, 11) is 0. The molecule has 1 N–H and O–H groups in total. The monoisotopic (exact) mass is 260 g/mol. The highest BCUT2D eigenvalue weighted by molar-refractivity contribution is 5.73. The zero-order valence-corrected chi connectivity index (χ0v) is 11.3. The minimum Gasteiger partial charge on any atom is -0.354 e. The fraction of sp³-hybridized carbons (Fsp3) is 0.643. The molecule has 2 fully saturated rings. The second-order valence-electron chi connectivity index (χ2n) is 5.56. The number of carbonyl (C=O) groups excluding carboxylic acids is 1. The van der Waals surface area contributed by atoms with Crippen LogP contribution < -0.4 is 10.2 Å². The van der Waals surface area contributed by atoms with Gasteiger partial charge in [-0.3, -0.25) is 4.79 Å². The first kappa shape index (κ1) is 12.4. The van der Waals surface area contributed by atoms with Crippen LogP contribution in [0.1, 0.15) is 44.2 Å². The van der Waals surface area contributed by atoms with Gasteiger partial charge in [0.25, 0.3) is 0 Å². The second-order valence-corrected chi connectivity index (χ2v) is 5.56. The van der Waals surface area contributed by atoms with Crippen molar-refractivity contribution < 1.29 is 4.79 Å². The summed E-state index contributed by atoms with van der Waals surface area (Å²) in [6, 6.07) is 2.37. The van der Waals surface area contributed by atoms with Crippen LogP contribution in [-0.2, 0) is 4.79 Å². The van der Waals surface area contributed by atoms with Crippen molar-refractivity contribution >= 4 is 11.7 Å². The molecule has 1 saturated heterocycles. The third-order valence-corrected chi connectivity index (χ3v) is 4.12. The molecule has 5 heteroatoms. The molecule has 102 valence electrons. The quantitative estimate of drug-likeness (QED) is 0.894. The van der Waals surface area contributed by atoms with E-state index in [-0.39, 0.29) is 11.9 Å². The molecule has 3 rings (SSSR count). The molecule has 5 nitrogen and oxygen atoms in total. The fourth-order valence-electron chi connectivity index (χ4n) is 2.84. The molecule has 19 heavy (non-hydrogen) atoms. The van der Waals surface area contributed by atoms with Gasteiger partial charge in [-0.1, -0.05) is 6.42 Å². The minimum atomic E-state index is 0.0460. The number of hydrogen-bond donors (Lipinski definition) is 1. The lowest BCUT2D eigenvalue weighted by molar-refractivity contribution is -0.119. The summed E-state index contributed by atoms with van der Waals surface area (Å²) in [6.07, 6.45) is 6.49. The normalized spacial score (nSPS) is 23.2. The molecule has 1 aromatic heterocycles. The average Bonchev–Trinajstić information content (AvgIpc) is 2.75. The number of amides is 1. The van der Waals surface area contributed by atoms with E-state index in [2.05, 4.69) is 26.3 Å². The smallest absolute Gasteiger partial charge is 0.217 e. The van der Waals surface area contributed by atoms with Crippen LogP contribution in [0.4, 0.5) is 5.82 Å². The molecule has 0 spiro atoms. The Morgan fingerprint density at radius 1 is 1.37 bits per heavy atom. The summed E-state index contributed by atoms with van der Waals surface area (Å²) >= 11 is 0. The van der Waals surface area contributed by atoms with Crippen LogP contribution in [0.25, 0.3) is 0 Å². The van der Waals surface area contributed by atoms with Gasteiger partial charge in [-0.25, -0.2) is 9.97 Å². The molecular weight excluding hydrogens is 240 g/mol. The number of aromatic nitrogens is 2. The maximum Gasteiger partial charge on any atom is 0.217 e. The van der Waals surface area contributed by atoms with E-state index in [0.29, 0.717) is 5.92 Å². The van der Waals surface area contributed by atoms with Crippen molar-refractivity contribution in [1.82, 2.24) is 15.3 Å². The minimum absolute atomic E-state index is 0.0460. The van der Waals surface area contributed by atoms with Crippen molar-refractivity contribution in [1.29, 1.82) is 0 Å². The van der Waals surface area contributed by atoms with E-state index in [0.717, 1.165) is 25.3 Å². The summed E-state index contributed by atoms with van der Waals surface area (Å²) in [5.41, 5.74) is 1.18. The Morgan fingerprint density at radius 2 is 2.21 bits per heavy atom. The van der Waals surface area contributed by atoms with Crippen molar-refractivity contribution in [2.75, 3.05) is 18.0 Å². The van der Waals surface area contributed by atoms with Gasteiger partial charge in [-0.15, -0.1) is 0 Å². The Balaban J connectivity index is 1.67. The Labute approximate surface area is 113 Å². The number of nitrogens with zero attached hydrogens (tertiary/aromatic N) is 3. The molecule has 1 unspecified atom stereocenters. The van der Waals surface area contributed by atoms with Crippen LogP contribution in [0, 0.1) is 0 Å². The molecule has 1 atom stereocenters. The predicted molar refractivity (Wildman–Crippen MR) is 73.1 cm³/mol. The lowest BCUT2D eigenvalue weighted by atomic mass is 9.83. The largest absolute Gasteiger partial charge is 0.354 e. The lowest BCUT2D eigenvalue weighted by Crippen LogP contribution is -2.35. The van der Waals surface area contributed by atoms with Gasteiger partial charge in [0.1, 0.15) is 12.1 Å². The summed E-state index contributed by atoms with van der Waals surface area (Å²) in [6.45, 7) is 3.37. The van der Waals surface area contributed by atoms with Gasteiger partial charge in [0.05, 0.1) is 0 Å². The highest BCUT2D eigenvalue weighted by Crippen LogP contribution is 2.36. The van der Waals surface area contributed by atoms with E-state index >= 15 is 0 Å². The molecule has 0 aromatic carbocycles. The topological polar surface area (TPSA) is 58.1 Å². The second kappa shape index (κ2) is 5.15. The first-order valence-electron chi connectivity index (χ1n) is 7.06. The van der Waals surface area contributed by atoms with Crippen molar-refractivity contribution in [2.45, 2.75) is 44.6 Å². The third kappa shape index (κ3) is 2.69. The fourth-order valence-corrected chi connectivity index (χ4v) is 2.84. The molecule has 1 aliphatic heterocycles. The van der Waals surface area contributed by atoms with E-state index in [9.17, 15) is 4.79 Å². The maximum absolute atomic E-state index is 11.1. The summed E-state index contributed by atoms with van der Waals surface area (Å²) in [5, 5.41) is 2.98. The zero-order chi connectivity index (χ0) is 13.2. The molecule has 2 aliphatic rings.